The number of carbonyl (C=O) groups excluding carboxylic acids is 2. The molecule has 47 heavy (non-hydrogen) atoms. The van der Waals surface area contributed by atoms with E-state index in [2.05, 4.69) is 52.7 Å². The van der Waals surface area contributed by atoms with Crippen molar-refractivity contribution in [3.8, 4) is 16.9 Å². The Morgan fingerprint density at radius 1 is 0.787 bits per heavy atom. The Balaban J connectivity index is 0.900. The molecule has 0 unspecified atom stereocenters. The van der Waals surface area contributed by atoms with E-state index in [0.717, 1.165) is 81.9 Å². The minimum atomic E-state index is 0.0444. The first-order valence-electron chi connectivity index (χ1n) is 17.6. The van der Waals surface area contributed by atoms with Crippen molar-refractivity contribution >= 4 is 28.3 Å². The Morgan fingerprint density at radius 2 is 1.47 bits per heavy atom. The van der Waals surface area contributed by atoms with Crippen molar-refractivity contribution in [2.75, 3.05) is 44.2 Å². The lowest BCUT2D eigenvalue weighted by Crippen LogP contribution is -2.51. The molecule has 4 saturated carbocycles. The quantitative estimate of drug-likeness (QED) is 0.217. The number of rotatable bonds is 8. The van der Waals surface area contributed by atoms with E-state index < -0.39 is 0 Å². The maximum atomic E-state index is 13.9. The van der Waals surface area contributed by atoms with Gasteiger partial charge in [0.25, 0.3) is 11.8 Å². The van der Waals surface area contributed by atoms with Gasteiger partial charge in [-0.2, -0.15) is 0 Å². The molecule has 4 bridgehead atoms. The number of amides is 2. The van der Waals surface area contributed by atoms with E-state index in [4.69, 9.17) is 4.74 Å². The van der Waals surface area contributed by atoms with Gasteiger partial charge in [-0.25, -0.2) is 0 Å². The third-order valence-corrected chi connectivity index (χ3v) is 11.5. The number of ether oxygens (including phenoxy) is 1. The number of nitrogens with zero attached hydrogens (tertiary/aromatic N) is 2. The third-order valence-electron chi connectivity index (χ3n) is 11.5. The summed E-state index contributed by atoms with van der Waals surface area (Å²) >= 11 is 0. The van der Waals surface area contributed by atoms with Crippen molar-refractivity contribution < 1.29 is 14.3 Å². The summed E-state index contributed by atoms with van der Waals surface area (Å²) in [7, 11) is 0. The van der Waals surface area contributed by atoms with Gasteiger partial charge in [-0.05, 0) is 133 Å². The molecule has 0 radical (unpaired) electrons. The summed E-state index contributed by atoms with van der Waals surface area (Å²) in [5, 5.41) is 5.35. The van der Waals surface area contributed by atoms with Gasteiger partial charge in [0.15, 0.2) is 0 Å². The van der Waals surface area contributed by atoms with Crippen molar-refractivity contribution in [2.24, 2.45) is 23.2 Å². The van der Waals surface area contributed by atoms with Crippen molar-refractivity contribution in [3.05, 3.63) is 96.1 Å². The van der Waals surface area contributed by atoms with Crippen molar-refractivity contribution in [2.45, 2.75) is 45.4 Å². The van der Waals surface area contributed by atoms with Crippen LogP contribution in [0.2, 0.25) is 0 Å². The second-order valence-electron chi connectivity index (χ2n) is 14.6. The first-order chi connectivity index (χ1) is 23.0. The predicted molar refractivity (Wildman–Crippen MR) is 188 cm³/mol. The van der Waals surface area contributed by atoms with Crippen LogP contribution in [0.5, 0.6) is 5.75 Å². The molecule has 0 spiro atoms. The molecule has 1 aliphatic heterocycles. The van der Waals surface area contributed by atoms with Crippen LogP contribution in [-0.2, 0) is 0 Å². The highest BCUT2D eigenvalue weighted by atomic mass is 16.5. The maximum Gasteiger partial charge on any atom is 0.254 e. The summed E-state index contributed by atoms with van der Waals surface area (Å²) in [6, 6.07) is 28.4. The molecular formula is C41H45N3O3. The van der Waals surface area contributed by atoms with E-state index in [0.29, 0.717) is 25.1 Å². The minimum absolute atomic E-state index is 0.0444. The van der Waals surface area contributed by atoms with Gasteiger partial charge in [-0.1, -0.05) is 42.5 Å². The van der Waals surface area contributed by atoms with E-state index in [9.17, 15) is 9.59 Å². The standard InChI is InChI=1S/C41H45N3O3/c1-2-47-34-7-5-6-32(23-34)35-14-15-38(37-9-4-3-8-36(35)37)40(46)44-18-16-43(17-19-44)33-12-10-31(11-13-33)39(45)42-27-41-24-28-20-29(25-41)22-30(21-28)26-41/h3-15,23,28-30H,2,16-22,24-27H2,1H3,(H,42,45). The fourth-order valence-electron chi connectivity index (χ4n) is 9.70. The molecule has 9 rings (SSSR count). The van der Waals surface area contributed by atoms with Crippen LogP contribution in [0, 0.1) is 23.2 Å². The van der Waals surface area contributed by atoms with Gasteiger partial charge >= 0.3 is 0 Å². The molecule has 5 aliphatic rings. The van der Waals surface area contributed by atoms with Crippen LogP contribution in [0.3, 0.4) is 0 Å². The number of anilines is 1. The first-order valence-corrected chi connectivity index (χ1v) is 17.6. The average molecular weight is 628 g/mol. The molecule has 242 valence electrons. The second-order valence-corrected chi connectivity index (χ2v) is 14.6. The summed E-state index contributed by atoms with van der Waals surface area (Å²) in [5.74, 6) is 3.63. The van der Waals surface area contributed by atoms with Gasteiger partial charge in [0.1, 0.15) is 5.75 Å². The lowest BCUT2D eigenvalue weighted by atomic mass is 9.49. The zero-order valence-electron chi connectivity index (χ0n) is 27.4. The fraction of sp³-hybridized carbons (Fsp3) is 0.415. The number of piperazine rings is 1. The predicted octanol–water partition coefficient (Wildman–Crippen LogP) is 7.81. The molecule has 4 aromatic rings. The highest BCUT2D eigenvalue weighted by Gasteiger charge is 2.50. The molecule has 5 fully saturated rings. The van der Waals surface area contributed by atoms with Crippen LogP contribution in [0.15, 0.2) is 84.9 Å². The Morgan fingerprint density at radius 3 is 2.15 bits per heavy atom. The van der Waals surface area contributed by atoms with Gasteiger partial charge in [-0.15, -0.1) is 0 Å². The molecule has 1 N–H and O–H groups in total. The van der Waals surface area contributed by atoms with E-state index in [1.807, 2.05) is 54.3 Å². The van der Waals surface area contributed by atoms with Gasteiger partial charge in [0.05, 0.1) is 6.61 Å². The van der Waals surface area contributed by atoms with E-state index in [1.165, 1.54) is 38.5 Å². The molecule has 6 heteroatoms. The van der Waals surface area contributed by atoms with E-state index >= 15 is 0 Å². The molecule has 0 atom stereocenters. The van der Waals surface area contributed by atoms with Gasteiger partial charge in [0.2, 0.25) is 0 Å². The Hall–Kier alpha value is -4.32. The summed E-state index contributed by atoms with van der Waals surface area (Å²) in [4.78, 5) is 31.3. The van der Waals surface area contributed by atoms with Crippen LogP contribution < -0.4 is 15.0 Å². The van der Waals surface area contributed by atoms with Gasteiger partial charge < -0.3 is 19.9 Å². The normalized spacial score (nSPS) is 24.8. The lowest BCUT2D eigenvalue weighted by Gasteiger charge is -2.56. The van der Waals surface area contributed by atoms with E-state index in [1.54, 1.807) is 0 Å². The summed E-state index contributed by atoms with van der Waals surface area (Å²) in [5.41, 5.74) is 5.07. The monoisotopic (exact) mass is 627 g/mol. The highest BCUT2D eigenvalue weighted by Crippen LogP contribution is 2.59. The van der Waals surface area contributed by atoms with Crippen LogP contribution in [0.1, 0.15) is 66.2 Å². The SMILES string of the molecule is CCOc1cccc(-c2ccc(C(=O)N3CCN(c4ccc(C(=O)NCC56CC7CC(CC(C7)C5)C6)cc4)CC3)c3ccccc23)c1. The maximum absolute atomic E-state index is 13.9. The lowest BCUT2D eigenvalue weighted by molar-refractivity contribution is -0.0503. The molecule has 0 aromatic heterocycles. The van der Waals surface area contributed by atoms with Crippen LogP contribution >= 0.6 is 0 Å². The molecule has 1 heterocycles. The Labute approximate surface area is 278 Å². The van der Waals surface area contributed by atoms with Crippen molar-refractivity contribution in [1.29, 1.82) is 0 Å². The molecule has 1 saturated heterocycles. The highest BCUT2D eigenvalue weighted by molar-refractivity contribution is 6.11. The summed E-state index contributed by atoms with van der Waals surface area (Å²) in [6.45, 7) is 6.24. The van der Waals surface area contributed by atoms with Crippen molar-refractivity contribution in [3.63, 3.8) is 0 Å². The Kier molecular flexibility index (Phi) is 7.90. The minimum Gasteiger partial charge on any atom is -0.494 e. The van der Waals surface area contributed by atoms with Crippen LogP contribution in [0.25, 0.3) is 21.9 Å². The number of nitrogens with one attached hydrogen (secondary N) is 1. The number of hydrogen-bond acceptors (Lipinski definition) is 4. The van der Waals surface area contributed by atoms with Crippen LogP contribution in [0.4, 0.5) is 5.69 Å². The first kappa shape index (κ1) is 30.0. The number of hydrogen-bond donors (Lipinski definition) is 1. The Bertz CT molecular complexity index is 1750. The number of fused-ring (bicyclic) bond motifs is 1. The largest absolute Gasteiger partial charge is 0.494 e. The summed E-state index contributed by atoms with van der Waals surface area (Å²) in [6.07, 6.45) is 8.18. The second kappa shape index (κ2) is 12.4. The van der Waals surface area contributed by atoms with Gasteiger partial charge in [-0.3, -0.25) is 9.59 Å². The number of benzene rings is 4. The molecule has 4 aliphatic carbocycles. The molecule has 4 aromatic carbocycles. The zero-order chi connectivity index (χ0) is 32.0. The summed E-state index contributed by atoms with van der Waals surface area (Å²) < 4.78 is 5.74. The van der Waals surface area contributed by atoms with Crippen LogP contribution in [-0.4, -0.2) is 56.0 Å². The molecular weight excluding hydrogens is 582 g/mol. The topological polar surface area (TPSA) is 61.9 Å². The average Bonchev–Trinajstić information content (AvgIpc) is 3.10. The number of carbonyl (C=O) groups is 2. The zero-order valence-corrected chi connectivity index (χ0v) is 27.4. The molecule has 6 nitrogen and oxygen atoms in total. The smallest absolute Gasteiger partial charge is 0.254 e. The third kappa shape index (κ3) is 5.88. The van der Waals surface area contributed by atoms with Gasteiger partial charge in [0, 0.05) is 49.5 Å². The van der Waals surface area contributed by atoms with Crippen molar-refractivity contribution in [1.82, 2.24) is 10.2 Å². The molecule has 2 amide bonds. The fourth-order valence-corrected chi connectivity index (χ4v) is 9.70. The van der Waals surface area contributed by atoms with E-state index in [-0.39, 0.29) is 11.8 Å².